The number of hydrogen-bond donors (Lipinski definition) is 1. The van der Waals surface area contributed by atoms with Gasteiger partial charge in [-0.1, -0.05) is 23.7 Å². The molecule has 3 aromatic carbocycles. The lowest BCUT2D eigenvalue weighted by molar-refractivity contribution is -0.117. The van der Waals surface area contributed by atoms with E-state index in [1.54, 1.807) is 18.2 Å². The van der Waals surface area contributed by atoms with Crippen LogP contribution >= 0.6 is 11.6 Å². The van der Waals surface area contributed by atoms with Crippen LogP contribution in [0.25, 0.3) is 11.0 Å². The average Bonchev–Trinajstić information content (AvgIpc) is 3.49. The molecule has 0 saturated heterocycles. The van der Waals surface area contributed by atoms with Crippen LogP contribution in [0.5, 0.6) is 5.75 Å². The fourth-order valence-electron chi connectivity index (χ4n) is 4.99. The number of methoxy groups -OCH3 is 1. The molecule has 206 valence electrons. The van der Waals surface area contributed by atoms with E-state index in [4.69, 9.17) is 20.8 Å². The number of halogens is 3. The minimum Gasteiger partial charge on any atom is -0.503 e. The van der Waals surface area contributed by atoms with E-state index in [0.717, 1.165) is 35.8 Å². The van der Waals surface area contributed by atoms with Gasteiger partial charge in [-0.05, 0) is 55.8 Å². The minimum absolute atomic E-state index is 0.0332. The zero-order chi connectivity index (χ0) is 28.7. The number of rotatable bonds is 8. The highest BCUT2D eigenvalue weighted by atomic mass is 35.5. The van der Waals surface area contributed by atoms with Crippen molar-refractivity contribution in [1.29, 1.82) is 0 Å². The van der Waals surface area contributed by atoms with Gasteiger partial charge < -0.3 is 19.2 Å². The third-order valence-electron chi connectivity index (χ3n) is 6.96. The number of aliphatic hydroxyl groups excluding tert-OH is 1. The summed E-state index contributed by atoms with van der Waals surface area (Å²) in [5.74, 6) is -4.67. The Labute approximate surface area is 233 Å². The molecule has 1 N–H and O–H groups in total. The van der Waals surface area contributed by atoms with Crippen LogP contribution in [0.1, 0.15) is 36.0 Å². The molecule has 10 heteroatoms. The zero-order valence-electron chi connectivity index (χ0n) is 21.9. The number of benzene rings is 3. The lowest BCUT2D eigenvalue weighted by Gasteiger charge is -2.28. The smallest absolute Gasteiger partial charge is 0.294 e. The van der Waals surface area contributed by atoms with E-state index in [9.17, 15) is 23.5 Å². The number of anilines is 2. The molecular weight excluding hydrogens is 542 g/mol. The number of nitrogens with zero attached hydrogens (tertiary/aromatic N) is 2. The molecule has 1 atom stereocenters. The monoisotopic (exact) mass is 566 g/mol. The SMILES string of the molecule is CCN(CC)c1ccc(C2C(C(=O)c3cc4cc(Cl)cc(OC)c4o3)=C(O)C(=O)N2c2ccc(F)c(F)c2)cc1. The van der Waals surface area contributed by atoms with Crippen LogP contribution in [0.2, 0.25) is 5.02 Å². The third kappa shape index (κ3) is 4.56. The van der Waals surface area contributed by atoms with E-state index in [0.29, 0.717) is 21.7 Å². The first-order chi connectivity index (χ1) is 19.2. The summed E-state index contributed by atoms with van der Waals surface area (Å²) in [6.07, 6.45) is 0. The van der Waals surface area contributed by atoms with E-state index in [1.807, 2.05) is 26.0 Å². The normalized spacial score (nSPS) is 15.3. The molecule has 2 heterocycles. The van der Waals surface area contributed by atoms with Gasteiger partial charge in [-0.3, -0.25) is 14.5 Å². The topological polar surface area (TPSA) is 83.2 Å². The molecule has 7 nitrogen and oxygen atoms in total. The summed E-state index contributed by atoms with van der Waals surface area (Å²) in [5.41, 5.74) is 1.35. The summed E-state index contributed by atoms with van der Waals surface area (Å²) in [5, 5.41) is 11.9. The van der Waals surface area contributed by atoms with E-state index >= 15 is 0 Å². The van der Waals surface area contributed by atoms with Gasteiger partial charge in [0.1, 0.15) is 0 Å². The van der Waals surface area contributed by atoms with Gasteiger partial charge in [0.2, 0.25) is 5.78 Å². The number of ether oxygens (including phenoxy) is 1. The van der Waals surface area contributed by atoms with Crippen molar-refractivity contribution in [3.63, 3.8) is 0 Å². The molecular formula is C30H25ClF2N2O5. The van der Waals surface area contributed by atoms with E-state index in [1.165, 1.54) is 25.3 Å². The fraction of sp³-hybridized carbons (Fsp3) is 0.200. The molecule has 40 heavy (non-hydrogen) atoms. The highest BCUT2D eigenvalue weighted by Crippen LogP contribution is 2.43. The fourth-order valence-corrected chi connectivity index (χ4v) is 5.21. The molecule has 1 unspecified atom stereocenters. The molecule has 1 aliphatic rings. The first-order valence-electron chi connectivity index (χ1n) is 12.6. The number of carbonyl (C=O) groups excluding carboxylic acids is 2. The number of furan rings is 1. The van der Waals surface area contributed by atoms with Crippen molar-refractivity contribution in [2.75, 3.05) is 30.0 Å². The maximum atomic E-state index is 14.2. The standard InChI is InChI=1S/C30H25ClF2N2O5/c1-4-34(5-2)19-8-6-16(7-9-19)26-25(28(37)30(38)35(26)20-10-11-21(32)22(33)15-20)27(36)23-13-17-12-18(31)14-24(39-3)29(17)40-23/h6-15,26,37H,4-5H2,1-3H3. The molecule has 0 bridgehead atoms. The van der Waals surface area contributed by atoms with E-state index in [-0.39, 0.29) is 22.6 Å². The van der Waals surface area contributed by atoms with Gasteiger partial charge in [0.15, 0.2) is 34.5 Å². The van der Waals surface area contributed by atoms with Crippen LogP contribution in [-0.4, -0.2) is 37.0 Å². The number of amides is 1. The predicted octanol–water partition coefficient (Wildman–Crippen LogP) is 7.00. The number of hydrogen-bond acceptors (Lipinski definition) is 6. The summed E-state index contributed by atoms with van der Waals surface area (Å²) < 4.78 is 39.1. The Kier molecular flexibility index (Phi) is 7.25. The van der Waals surface area contributed by atoms with Crippen LogP contribution in [0.3, 0.4) is 0 Å². The maximum Gasteiger partial charge on any atom is 0.294 e. The number of ketones is 1. The second-order valence-corrected chi connectivity index (χ2v) is 9.60. The van der Waals surface area contributed by atoms with Crippen LogP contribution in [-0.2, 0) is 4.79 Å². The lowest BCUT2D eigenvalue weighted by Crippen LogP contribution is -2.31. The minimum atomic E-state index is -1.18. The Morgan fingerprint density at radius 1 is 1.05 bits per heavy atom. The van der Waals surface area contributed by atoms with Crippen LogP contribution in [0.4, 0.5) is 20.2 Å². The number of fused-ring (bicyclic) bond motifs is 1. The second-order valence-electron chi connectivity index (χ2n) is 9.17. The van der Waals surface area contributed by atoms with E-state index < -0.39 is 35.1 Å². The predicted molar refractivity (Wildman–Crippen MR) is 148 cm³/mol. The van der Waals surface area contributed by atoms with Crippen molar-refractivity contribution in [3.8, 4) is 5.75 Å². The van der Waals surface area contributed by atoms with Gasteiger partial charge in [-0.25, -0.2) is 8.78 Å². The summed E-state index contributed by atoms with van der Waals surface area (Å²) in [6, 6.07) is 13.5. The highest BCUT2D eigenvalue weighted by molar-refractivity contribution is 6.31. The quantitative estimate of drug-likeness (QED) is 0.231. The van der Waals surface area contributed by atoms with Crippen molar-refractivity contribution >= 4 is 45.6 Å². The van der Waals surface area contributed by atoms with E-state index in [2.05, 4.69) is 4.90 Å². The van der Waals surface area contributed by atoms with Gasteiger partial charge >= 0.3 is 0 Å². The molecule has 0 saturated carbocycles. The summed E-state index contributed by atoms with van der Waals surface area (Å²) in [6.45, 7) is 5.57. The van der Waals surface area contributed by atoms with Crippen LogP contribution < -0.4 is 14.5 Å². The molecule has 0 spiro atoms. The van der Waals surface area contributed by atoms with Crippen molar-refractivity contribution in [2.45, 2.75) is 19.9 Å². The lowest BCUT2D eigenvalue weighted by atomic mass is 9.94. The van der Waals surface area contributed by atoms with Crippen LogP contribution in [0, 0.1) is 11.6 Å². The molecule has 0 aliphatic carbocycles. The van der Waals surface area contributed by atoms with Gasteiger partial charge in [0, 0.05) is 47.0 Å². The van der Waals surface area contributed by atoms with Crippen molar-refractivity contribution in [2.24, 2.45) is 0 Å². The van der Waals surface area contributed by atoms with Gasteiger partial charge in [0.05, 0.1) is 18.7 Å². The Bertz CT molecular complexity index is 1660. The molecule has 1 aliphatic heterocycles. The van der Waals surface area contributed by atoms with Crippen LogP contribution in [0.15, 0.2) is 76.4 Å². The average molecular weight is 567 g/mol. The molecule has 5 rings (SSSR count). The number of Topliss-reactive ketones (excluding diaryl/α,β-unsaturated/α-hetero) is 1. The summed E-state index contributed by atoms with van der Waals surface area (Å²) >= 11 is 6.16. The molecule has 0 radical (unpaired) electrons. The molecule has 4 aromatic rings. The summed E-state index contributed by atoms with van der Waals surface area (Å²) in [4.78, 5) is 30.5. The highest BCUT2D eigenvalue weighted by Gasteiger charge is 2.45. The Hall–Kier alpha value is -4.37. The van der Waals surface area contributed by atoms with Crippen molar-refractivity contribution in [3.05, 3.63) is 100.0 Å². The van der Waals surface area contributed by atoms with Crippen molar-refractivity contribution in [1.82, 2.24) is 0 Å². The maximum absolute atomic E-state index is 14.2. The first kappa shape index (κ1) is 27.2. The van der Waals surface area contributed by atoms with Gasteiger partial charge in [-0.15, -0.1) is 0 Å². The van der Waals surface area contributed by atoms with Gasteiger partial charge in [-0.2, -0.15) is 0 Å². The number of carbonyl (C=O) groups is 2. The van der Waals surface area contributed by atoms with Gasteiger partial charge in [0.25, 0.3) is 5.91 Å². The largest absolute Gasteiger partial charge is 0.503 e. The zero-order valence-corrected chi connectivity index (χ0v) is 22.6. The Morgan fingerprint density at radius 2 is 1.75 bits per heavy atom. The molecule has 1 amide bonds. The van der Waals surface area contributed by atoms with Crippen molar-refractivity contribution < 1.29 is 32.6 Å². The second kappa shape index (κ2) is 10.7. The Balaban J connectivity index is 1.65. The summed E-state index contributed by atoms with van der Waals surface area (Å²) in [7, 11) is 1.43. The molecule has 0 fully saturated rings. The molecule has 1 aromatic heterocycles. The number of aliphatic hydroxyl groups is 1. The third-order valence-corrected chi connectivity index (χ3v) is 7.18. The first-order valence-corrected chi connectivity index (χ1v) is 12.9. The Morgan fingerprint density at radius 3 is 2.38 bits per heavy atom.